The molecule has 0 aliphatic heterocycles. The van der Waals surface area contributed by atoms with Gasteiger partial charge in [-0.05, 0) is 74.1 Å². The highest BCUT2D eigenvalue weighted by Crippen LogP contribution is 2.37. The second-order valence-corrected chi connectivity index (χ2v) is 11.8. The molecule has 2 heteroatoms. The van der Waals surface area contributed by atoms with E-state index in [-0.39, 0.29) is 0 Å². The van der Waals surface area contributed by atoms with Gasteiger partial charge in [-0.1, -0.05) is 133 Å². The highest BCUT2D eigenvalue weighted by Gasteiger charge is 2.12. The molecule has 210 valence electrons. The van der Waals surface area contributed by atoms with Crippen LogP contribution in [0.3, 0.4) is 0 Å². The second kappa shape index (κ2) is 10.1. The summed E-state index contributed by atoms with van der Waals surface area (Å²) in [4.78, 5) is 10.3. The fraction of sp³-hybridized carbons (Fsp3) is 0.0233. The summed E-state index contributed by atoms with van der Waals surface area (Å²) in [5.41, 5.74) is 9.63. The molecule has 0 saturated carbocycles. The van der Waals surface area contributed by atoms with Gasteiger partial charge in [0.25, 0.3) is 0 Å². The molecule has 0 radical (unpaired) electrons. The van der Waals surface area contributed by atoms with Crippen molar-refractivity contribution in [3.8, 4) is 33.6 Å². The summed E-state index contributed by atoms with van der Waals surface area (Å²) in [7, 11) is 0. The molecule has 7 aromatic carbocycles. The van der Waals surface area contributed by atoms with Gasteiger partial charge in [-0.15, -0.1) is 0 Å². The average molecular weight is 573 g/mol. The van der Waals surface area contributed by atoms with E-state index >= 15 is 0 Å². The van der Waals surface area contributed by atoms with Gasteiger partial charge in [-0.3, -0.25) is 0 Å². The lowest BCUT2D eigenvalue weighted by molar-refractivity contribution is 1.35. The molecule has 9 rings (SSSR count). The van der Waals surface area contributed by atoms with Gasteiger partial charge in [0.1, 0.15) is 0 Å². The van der Waals surface area contributed by atoms with Crippen molar-refractivity contribution in [1.82, 2.24) is 9.97 Å². The van der Waals surface area contributed by atoms with E-state index in [0.717, 1.165) is 44.3 Å². The van der Waals surface area contributed by atoms with Gasteiger partial charge in [0.2, 0.25) is 0 Å². The Kier molecular flexibility index (Phi) is 5.76. The van der Waals surface area contributed by atoms with Crippen LogP contribution in [0.15, 0.2) is 152 Å². The van der Waals surface area contributed by atoms with Crippen molar-refractivity contribution < 1.29 is 0 Å². The number of aromatic nitrogens is 2. The van der Waals surface area contributed by atoms with Crippen molar-refractivity contribution in [2.75, 3.05) is 0 Å². The van der Waals surface area contributed by atoms with Crippen molar-refractivity contribution in [1.29, 1.82) is 0 Å². The lowest BCUT2D eigenvalue weighted by Gasteiger charge is -2.12. The third kappa shape index (κ3) is 4.18. The highest BCUT2D eigenvalue weighted by molar-refractivity contribution is 6.25. The number of nitrogens with zero attached hydrogens (tertiary/aromatic N) is 2. The largest absolute Gasteiger partial charge is 0.245 e. The molecular weight excluding hydrogens is 544 g/mol. The standard InChI is InChI=1S/C43H28N2/c1-27-8-2-3-9-33(27)41-25-22-31-19-18-30-21-24-40(44-42(30)43(31)45-41)29-16-14-28(15-17-29)32-20-23-38-36-12-5-4-10-34(36)35-11-6-7-13-37(35)39(38)26-32/h2-26H,1H3. The van der Waals surface area contributed by atoms with E-state index in [1.165, 1.54) is 49.0 Å². The maximum atomic E-state index is 5.17. The Hall–Kier alpha value is -5.86. The van der Waals surface area contributed by atoms with Gasteiger partial charge in [-0.25, -0.2) is 9.97 Å². The first-order valence-corrected chi connectivity index (χ1v) is 15.4. The molecule has 9 aromatic rings. The molecule has 0 fully saturated rings. The number of aryl methyl sites for hydroxylation is 1. The third-order valence-electron chi connectivity index (χ3n) is 9.20. The van der Waals surface area contributed by atoms with Crippen LogP contribution in [-0.4, -0.2) is 9.97 Å². The summed E-state index contributed by atoms with van der Waals surface area (Å²) in [6.07, 6.45) is 0. The van der Waals surface area contributed by atoms with Crippen molar-refractivity contribution in [2.45, 2.75) is 6.92 Å². The molecular formula is C43H28N2. The normalized spacial score (nSPS) is 11.7. The van der Waals surface area contributed by atoms with Crippen molar-refractivity contribution in [2.24, 2.45) is 0 Å². The zero-order chi connectivity index (χ0) is 29.9. The van der Waals surface area contributed by atoms with Crippen LogP contribution < -0.4 is 0 Å². The van der Waals surface area contributed by atoms with E-state index in [4.69, 9.17) is 9.97 Å². The molecule has 0 saturated heterocycles. The predicted molar refractivity (Wildman–Crippen MR) is 191 cm³/mol. The minimum Gasteiger partial charge on any atom is -0.245 e. The molecule has 0 bridgehead atoms. The Morgan fingerprint density at radius 1 is 0.356 bits per heavy atom. The molecule has 2 nitrogen and oxygen atoms in total. The van der Waals surface area contributed by atoms with Crippen LogP contribution in [-0.2, 0) is 0 Å². The second-order valence-electron chi connectivity index (χ2n) is 11.8. The van der Waals surface area contributed by atoms with Gasteiger partial charge >= 0.3 is 0 Å². The Morgan fingerprint density at radius 3 is 1.47 bits per heavy atom. The molecule has 0 amide bonds. The van der Waals surface area contributed by atoms with Gasteiger partial charge in [0.15, 0.2) is 0 Å². The predicted octanol–water partition coefficient (Wildman–Crippen LogP) is 11.6. The molecule has 45 heavy (non-hydrogen) atoms. The average Bonchev–Trinajstić information content (AvgIpc) is 3.11. The molecule has 0 N–H and O–H groups in total. The van der Waals surface area contributed by atoms with E-state index in [1.807, 2.05) is 0 Å². The molecule has 2 aromatic heterocycles. The van der Waals surface area contributed by atoms with Crippen LogP contribution in [0.1, 0.15) is 5.56 Å². The van der Waals surface area contributed by atoms with Gasteiger partial charge < -0.3 is 0 Å². The first-order valence-electron chi connectivity index (χ1n) is 15.4. The SMILES string of the molecule is Cc1ccccc1-c1ccc2ccc3ccc(-c4ccc(-c5ccc6c7ccccc7c7ccccc7c6c5)cc4)nc3c2n1. The minimum atomic E-state index is 0.929. The minimum absolute atomic E-state index is 0.929. The van der Waals surface area contributed by atoms with Crippen LogP contribution >= 0.6 is 0 Å². The summed E-state index contributed by atoms with van der Waals surface area (Å²) in [5, 5.41) is 9.94. The van der Waals surface area contributed by atoms with E-state index in [2.05, 4.69) is 159 Å². The first kappa shape index (κ1) is 25.6. The van der Waals surface area contributed by atoms with Gasteiger partial charge in [0, 0.05) is 21.9 Å². The number of hydrogen-bond donors (Lipinski definition) is 0. The summed E-state index contributed by atoms with van der Waals surface area (Å²) < 4.78 is 0. The van der Waals surface area contributed by atoms with Crippen LogP contribution in [0.2, 0.25) is 0 Å². The van der Waals surface area contributed by atoms with Crippen LogP contribution in [0.25, 0.3) is 87.8 Å². The number of benzene rings is 7. The number of fused-ring (bicyclic) bond motifs is 9. The van der Waals surface area contributed by atoms with Crippen molar-refractivity contribution in [3.63, 3.8) is 0 Å². The fourth-order valence-electron chi connectivity index (χ4n) is 6.86. The smallest absolute Gasteiger partial charge is 0.0972 e. The maximum absolute atomic E-state index is 5.17. The lowest BCUT2D eigenvalue weighted by atomic mass is 9.92. The first-order chi connectivity index (χ1) is 22.2. The Balaban J connectivity index is 1.13. The number of hydrogen-bond acceptors (Lipinski definition) is 2. The molecule has 0 aliphatic carbocycles. The van der Waals surface area contributed by atoms with E-state index in [0.29, 0.717) is 0 Å². The molecule has 0 spiro atoms. The van der Waals surface area contributed by atoms with Crippen LogP contribution in [0.4, 0.5) is 0 Å². The van der Waals surface area contributed by atoms with Gasteiger partial charge in [0.05, 0.1) is 22.4 Å². The van der Waals surface area contributed by atoms with E-state index in [9.17, 15) is 0 Å². The van der Waals surface area contributed by atoms with Crippen molar-refractivity contribution in [3.05, 3.63) is 157 Å². The highest BCUT2D eigenvalue weighted by atomic mass is 14.8. The molecule has 2 heterocycles. The number of pyridine rings is 2. The number of rotatable bonds is 3. The van der Waals surface area contributed by atoms with E-state index < -0.39 is 0 Å². The molecule has 0 unspecified atom stereocenters. The zero-order valence-corrected chi connectivity index (χ0v) is 24.8. The summed E-state index contributed by atoms with van der Waals surface area (Å²) in [6, 6.07) is 54.3. The van der Waals surface area contributed by atoms with E-state index in [1.54, 1.807) is 0 Å². The topological polar surface area (TPSA) is 25.8 Å². The Morgan fingerprint density at radius 2 is 0.822 bits per heavy atom. The van der Waals surface area contributed by atoms with Crippen molar-refractivity contribution >= 4 is 54.1 Å². The molecule has 0 atom stereocenters. The Labute approximate surface area is 261 Å². The van der Waals surface area contributed by atoms with Crippen LogP contribution in [0.5, 0.6) is 0 Å². The zero-order valence-electron chi connectivity index (χ0n) is 24.8. The molecule has 0 aliphatic rings. The summed E-state index contributed by atoms with van der Waals surface area (Å²) in [5.74, 6) is 0. The van der Waals surface area contributed by atoms with Gasteiger partial charge in [-0.2, -0.15) is 0 Å². The Bertz CT molecular complexity index is 2560. The maximum Gasteiger partial charge on any atom is 0.0972 e. The fourth-order valence-corrected chi connectivity index (χ4v) is 6.86. The quantitative estimate of drug-likeness (QED) is 0.197. The lowest BCUT2D eigenvalue weighted by Crippen LogP contribution is -1.92. The summed E-state index contributed by atoms with van der Waals surface area (Å²) >= 11 is 0. The monoisotopic (exact) mass is 572 g/mol. The summed E-state index contributed by atoms with van der Waals surface area (Å²) in [6.45, 7) is 2.13. The van der Waals surface area contributed by atoms with Crippen LogP contribution in [0, 0.1) is 6.92 Å². The third-order valence-corrected chi connectivity index (χ3v) is 9.20.